The van der Waals surface area contributed by atoms with Crippen LogP contribution in [0, 0.1) is 5.92 Å². The van der Waals surface area contributed by atoms with Crippen molar-refractivity contribution in [1.82, 2.24) is 15.5 Å². The Bertz CT molecular complexity index is 1540. The van der Waals surface area contributed by atoms with Gasteiger partial charge in [-0.25, -0.2) is 19.3 Å². The summed E-state index contributed by atoms with van der Waals surface area (Å²) in [5.74, 6) is 0.609. The molecular weight excluding hydrogens is 600 g/mol. The minimum absolute atomic E-state index is 0.00476. The van der Waals surface area contributed by atoms with E-state index in [1.807, 2.05) is 78.9 Å². The van der Waals surface area contributed by atoms with E-state index in [0.717, 1.165) is 54.3 Å². The second-order valence-electron chi connectivity index (χ2n) is 12.1. The van der Waals surface area contributed by atoms with Crippen molar-refractivity contribution in [3.05, 3.63) is 84.4 Å². The molecule has 3 aliphatic rings. The van der Waals surface area contributed by atoms with Crippen LogP contribution >= 0.6 is 0 Å². The van der Waals surface area contributed by atoms with Gasteiger partial charge in [0.1, 0.15) is 18.4 Å². The van der Waals surface area contributed by atoms with Gasteiger partial charge in [-0.2, -0.15) is 0 Å². The summed E-state index contributed by atoms with van der Waals surface area (Å²) in [5, 5.41) is 11.2. The Hall–Kier alpha value is -5.26. The highest BCUT2D eigenvalue weighted by Gasteiger charge is 2.41. The van der Waals surface area contributed by atoms with Crippen LogP contribution in [0.3, 0.4) is 0 Å². The second kappa shape index (κ2) is 14.9. The third-order valence-corrected chi connectivity index (χ3v) is 8.74. The zero-order valence-corrected chi connectivity index (χ0v) is 26.2. The molecule has 3 aromatic carbocycles. The number of hydrogen-bond acceptors (Lipinski definition) is 7. The molecule has 47 heavy (non-hydrogen) atoms. The standard InChI is InChI=1S/C35H40N6O6/c42-32(31-21-37-34(44)41(31)35(45)46-23-24-6-2-1-3-7-24)36-20-25-18-19-40(22-25)28-14-10-26(11-15-28)38-33(43)39-27-12-16-30(17-13-27)47-29-8-4-5-9-29/h1-3,6-7,10-17,25,29,31H,4-5,8-9,18-23H2,(H,36,42)(H,37,44)(H2,38,39,43). The van der Waals surface area contributed by atoms with Gasteiger partial charge in [-0.05, 0) is 92.1 Å². The average Bonchev–Trinajstić information content (AvgIpc) is 3.86. The van der Waals surface area contributed by atoms with E-state index in [1.54, 1.807) is 0 Å². The number of ether oxygens (including phenoxy) is 2. The van der Waals surface area contributed by atoms with Crippen molar-refractivity contribution < 1.29 is 28.7 Å². The summed E-state index contributed by atoms with van der Waals surface area (Å²) in [4.78, 5) is 53.6. The summed E-state index contributed by atoms with van der Waals surface area (Å²) in [5.41, 5.74) is 3.15. The Morgan fingerprint density at radius 3 is 2.23 bits per heavy atom. The molecular formula is C35H40N6O6. The SMILES string of the molecule is O=C(Nc1ccc(OC2CCCC2)cc1)Nc1ccc(N2CCC(CNC(=O)C3CNC(=O)N3C(=O)OCc3ccccc3)C2)cc1. The van der Waals surface area contributed by atoms with Gasteiger partial charge in [0.2, 0.25) is 5.91 Å². The van der Waals surface area contributed by atoms with Crippen molar-refractivity contribution in [1.29, 1.82) is 0 Å². The van der Waals surface area contributed by atoms with E-state index in [-0.39, 0.29) is 31.2 Å². The minimum atomic E-state index is -0.976. The molecule has 12 nitrogen and oxygen atoms in total. The molecule has 6 amide bonds. The number of carbonyl (C=O) groups is 4. The lowest BCUT2D eigenvalue weighted by Gasteiger charge is -2.22. The molecule has 2 unspecified atom stereocenters. The average molecular weight is 641 g/mol. The number of amides is 6. The quantitative estimate of drug-likeness (QED) is 0.235. The third kappa shape index (κ3) is 8.32. The summed E-state index contributed by atoms with van der Waals surface area (Å²) in [6, 6.07) is 22.2. The summed E-state index contributed by atoms with van der Waals surface area (Å²) >= 11 is 0. The molecule has 2 atom stereocenters. The number of nitrogens with zero attached hydrogens (tertiary/aromatic N) is 2. The predicted molar refractivity (Wildman–Crippen MR) is 177 cm³/mol. The van der Waals surface area contributed by atoms with Crippen molar-refractivity contribution in [3.63, 3.8) is 0 Å². The molecule has 2 heterocycles. The smallest absolute Gasteiger partial charge is 0.419 e. The number of nitrogens with one attached hydrogen (secondary N) is 4. The third-order valence-electron chi connectivity index (χ3n) is 8.74. The van der Waals surface area contributed by atoms with Crippen LogP contribution in [0.1, 0.15) is 37.7 Å². The lowest BCUT2D eigenvalue weighted by Crippen LogP contribution is -2.49. The number of benzene rings is 3. The Kier molecular flexibility index (Phi) is 10.0. The molecule has 4 N–H and O–H groups in total. The van der Waals surface area contributed by atoms with Crippen LogP contribution in [-0.4, -0.2) is 67.3 Å². The van der Waals surface area contributed by atoms with Gasteiger partial charge in [0, 0.05) is 43.2 Å². The van der Waals surface area contributed by atoms with Gasteiger partial charge in [0.05, 0.1) is 6.10 Å². The van der Waals surface area contributed by atoms with E-state index >= 15 is 0 Å². The molecule has 2 aliphatic heterocycles. The molecule has 0 bridgehead atoms. The van der Waals surface area contributed by atoms with Crippen LogP contribution < -0.4 is 30.9 Å². The minimum Gasteiger partial charge on any atom is -0.490 e. The summed E-state index contributed by atoms with van der Waals surface area (Å²) in [6.07, 6.45) is 4.92. The first-order chi connectivity index (χ1) is 22.9. The molecule has 1 aliphatic carbocycles. The lowest BCUT2D eigenvalue weighted by atomic mass is 10.1. The zero-order chi connectivity index (χ0) is 32.6. The number of carbonyl (C=O) groups excluding carboxylic acids is 4. The maximum Gasteiger partial charge on any atom is 0.419 e. The molecule has 3 aromatic rings. The fraction of sp³-hybridized carbons (Fsp3) is 0.371. The summed E-state index contributed by atoms with van der Waals surface area (Å²) in [7, 11) is 0. The van der Waals surface area contributed by atoms with Crippen molar-refractivity contribution in [3.8, 4) is 5.75 Å². The molecule has 0 aromatic heterocycles. The van der Waals surface area contributed by atoms with Gasteiger partial charge in [-0.15, -0.1) is 0 Å². The highest BCUT2D eigenvalue weighted by molar-refractivity contribution is 6.00. The van der Waals surface area contributed by atoms with Gasteiger partial charge >= 0.3 is 18.2 Å². The zero-order valence-electron chi connectivity index (χ0n) is 26.2. The molecule has 0 radical (unpaired) electrons. The summed E-state index contributed by atoms with van der Waals surface area (Å²) < 4.78 is 11.3. The normalized spacial score (nSPS) is 19.3. The predicted octanol–water partition coefficient (Wildman–Crippen LogP) is 5.33. The van der Waals surface area contributed by atoms with E-state index in [1.165, 1.54) is 12.8 Å². The van der Waals surface area contributed by atoms with Crippen LogP contribution in [0.2, 0.25) is 0 Å². The van der Waals surface area contributed by atoms with Crippen LogP contribution in [0.25, 0.3) is 0 Å². The van der Waals surface area contributed by atoms with E-state index in [2.05, 4.69) is 26.2 Å². The highest BCUT2D eigenvalue weighted by Crippen LogP contribution is 2.27. The molecule has 0 spiro atoms. The number of imide groups is 1. The van der Waals surface area contributed by atoms with Crippen LogP contribution in [0.4, 0.5) is 31.4 Å². The van der Waals surface area contributed by atoms with E-state index in [4.69, 9.17) is 9.47 Å². The van der Waals surface area contributed by atoms with Crippen LogP contribution in [0.5, 0.6) is 5.75 Å². The van der Waals surface area contributed by atoms with Gasteiger partial charge in [-0.3, -0.25) is 4.79 Å². The first-order valence-corrected chi connectivity index (χ1v) is 16.2. The topological polar surface area (TPSA) is 141 Å². The molecule has 1 saturated carbocycles. The van der Waals surface area contributed by atoms with E-state index < -0.39 is 24.1 Å². The van der Waals surface area contributed by atoms with Crippen molar-refractivity contribution in [2.24, 2.45) is 5.92 Å². The molecule has 246 valence electrons. The molecule has 6 rings (SSSR count). The monoisotopic (exact) mass is 640 g/mol. The Morgan fingerprint density at radius 2 is 1.53 bits per heavy atom. The summed E-state index contributed by atoms with van der Waals surface area (Å²) in [6.45, 7) is 2.00. The lowest BCUT2D eigenvalue weighted by molar-refractivity contribution is -0.124. The largest absolute Gasteiger partial charge is 0.490 e. The van der Waals surface area contributed by atoms with E-state index in [0.29, 0.717) is 17.9 Å². The van der Waals surface area contributed by atoms with Gasteiger partial charge < -0.3 is 35.6 Å². The van der Waals surface area contributed by atoms with E-state index in [9.17, 15) is 19.2 Å². The number of anilines is 3. The van der Waals surface area contributed by atoms with Gasteiger partial charge in [0.15, 0.2) is 0 Å². The Morgan fingerprint density at radius 1 is 0.851 bits per heavy atom. The number of urea groups is 2. The van der Waals surface area contributed by atoms with Gasteiger partial charge in [-0.1, -0.05) is 30.3 Å². The fourth-order valence-corrected chi connectivity index (χ4v) is 6.17. The van der Waals surface area contributed by atoms with Crippen LogP contribution in [0.15, 0.2) is 78.9 Å². The first kappa shape index (κ1) is 31.7. The van der Waals surface area contributed by atoms with Crippen molar-refractivity contribution >= 4 is 41.1 Å². The Balaban J connectivity index is 0.926. The molecule has 12 heteroatoms. The van der Waals surface area contributed by atoms with Crippen molar-refractivity contribution in [2.45, 2.75) is 50.9 Å². The first-order valence-electron chi connectivity index (χ1n) is 16.2. The fourth-order valence-electron chi connectivity index (χ4n) is 6.17. The number of rotatable bonds is 10. The second-order valence-corrected chi connectivity index (χ2v) is 12.1. The molecule has 2 saturated heterocycles. The van der Waals surface area contributed by atoms with Crippen LogP contribution in [-0.2, 0) is 16.1 Å². The highest BCUT2D eigenvalue weighted by atomic mass is 16.6. The Labute approximate surface area is 273 Å². The molecule has 3 fully saturated rings. The maximum absolute atomic E-state index is 13.0. The maximum atomic E-state index is 13.0. The number of hydrogen-bond donors (Lipinski definition) is 4. The van der Waals surface area contributed by atoms with Gasteiger partial charge in [0.25, 0.3) is 0 Å². The van der Waals surface area contributed by atoms with Crippen molar-refractivity contribution in [2.75, 3.05) is 41.7 Å².